The third kappa shape index (κ3) is 4.19. The van der Waals surface area contributed by atoms with Crippen LogP contribution >= 0.6 is 39.1 Å². The number of hydrogen-bond acceptors (Lipinski definition) is 2. The quantitative estimate of drug-likeness (QED) is 0.668. The lowest BCUT2D eigenvalue weighted by Crippen LogP contribution is -2.35. The highest BCUT2D eigenvalue weighted by Gasteiger charge is 2.19. The van der Waals surface area contributed by atoms with Gasteiger partial charge in [0.05, 0.1) is 14.5 Å². The Balaban J connectivity index is 2.12. The van der Waals surface area contributed by atoms with Crippen molar-refractivity contribution in [1.82, 2.24) is 5.32 Å². The Kier molecular flexibility index (Phi) is 5.56. The second-order valence-electron chi connectivity index (χ2n) is 4.26. The van der Waals surface area contributed by atoms with Crippen molar-refractivity contribution < 1.29 is 18.4 Å². The minimum Gasteiger partial charge on any atom is -0.308 e. The zero-order chi connectivity index (χ0) is 17.1. The minimum atomic E-state index is -1.22. The van der Waals surface area contributed by atoms with Gasteiger partial charge in [-0.25, -0.2) is 13.6 Å². The molecule has 0 unspecified atom stereocenters. The molecule has 4 nitrogen and oxygen atoms in total. The molecule has 0 aliphatic carbocycles. The zero-order valence-corrected chi connectivity index (χ0v) is 14.2. The van der Waals surface area contributed by atoms with E-state index < -0.39 is 29.1 Å². The zero-order valence-electron chi connectivity index (χ0n) is 11.1. The molecule has 0 spiro atoms. The van der Waals surface area contributed by atoms with E-state index in [9.17, 15) is 18.4 Å². The maximum absolute atomic E-state index is 13.5. The van der Waals surface area contributed by atoms with Gasteiger partial charge in [-0.3, -0.25) is 10.1 Å². The fraction of sp³-hybridized carbons (Fsp3) is 0. The number of urea groups is 1. The second kappa shape index (κ2) is 7.25. The Labute approximate surface area is 147 Å². The third-order valence-electron chi connectivity index (χ3n) is 2.66. The second-order valence-corrected chi connectivity index (χ2v) is 5.87. The average Bonchev–Trinajstić information content (AvgIpc) is 2.44. The molecule has 120 valence electrons. The van der Waals surface area contributed by atoms with Crippen LogP contribution in [-0.2, 0) is 0 Å². The molecule has 2 N–H and O–H groups in total. The lowest BCUT2D eigenvalue weighted by atomic mass is 10.2. The summed E-state index contributed by atoms with van der Waals surface area (Å²) in [6.45, 7) is 0. The molecule has 2 rings (SSSR count). The van der Waals surface area contributed by atoms with E-state index in [-0.39, 0.29) is 15.7 Å². The molecular formula is C14H7BrCl2F2N2O2. The molecule has 9 heteroatoms. The monoisotopic (exact) mass is 422 g/mol. The first-order chi connectivity index (χ1) is 10.8. The molecule has 0 aromatic heterocycles. The Morgan fingerprint density at radius 2 is 1.57 bits per heavy atom. The summed E-state index contributed by atoms with van der Waals surface area (Å²) in [5.41, 5.74) is -0.656. The first-order valence-corrected chi connectivity index (χ1v) is 7.55. The highest BCUT2D eigenvalue weighted by atomic mass is 79.9. The van der Waals surface area contributed by atoms with Gasteiger partial charge in [0.15, 0.2) is 0 Å². The van der Waals surface area contributed by atoms with Gasteiger partial charge in [0.25, 0.3) is 5.91 Å². The third-order valence-corrected chi connectivity index (χ3v) is 4.57. The molecule has 0 fully saturated rings. The number of carbonyl (C=O) groups excluding carboxylic acids is 2. The predicted octanol–water partition coefficient (Wildman–Crippen LogP) is 5.00. The first kappa shape index (κ1) is 17.7. The van der Waals surface area contributed by atoms with Crippen molar-refractivity contribution in [3.8, 4) is 0 Å². The number of rotatable bonds is 2. The number of amides is 3. The summed E-state index contributed by atoms with van der Waals surface area (Å²) >= 11 is 14.9. The van der Waals surface area contributed by atoms with Crippen LogP contribution in [0.25, 0.3) is 0 Å². The SMILES string of the molecule is O=C(NC(=O)c1c(F)cccc1F)Nc1cc(Cl)c(Br)c(Cl)c1. The van der Waals surface area contributed by atoms with Crippen LogP contribution in [0.2, 0.25) is 10.0 Å². The van der Waals surface area contributed by atoms with Crippen LogP contribution in [0.3, 0.4) is 0 Å². The number of anilines is 1. The molecule has 0 saturated carbocycles. The number of hydrogen-bond donors (Lipinski definition) is 2. The summed E-state index contributed by atoms with van der Waals surface area (Å²) in [7, 11) is 0. The summed E-state index contributed by atoms with van der Waals surface area (Å²) < 4.78 is 27.4. The molecule has 0 aliphatic rings. The summed E-state index contributed by atoms with van der Waals surface area (Å²) in [4.78, 5) is 23.5. The summed E-state index contributed by atoms with van der Waals surface area (Å²) in [5, 5.41) is 4.57. The van der Waals surface area contributed by atoms with Crippen molar-refractivity contribution in [3.05, 3.63) is 62.0 Å². The lowest BCUT2D eigenvalue weighted by molar-refractivity contribution is 0.0959. The maximum Gasteiger partial charge on any atom is 0.326 e. The van der Waals surface area contributed by atoms with Crippen LogP contribution in [0.5, 0.6) is 0 Å². The van der Waals surface area contributed by atoms with Crippen molar-refractivity contribution >= 4 is 56.8 Å². The van der Waals surface area contributed by atoms with Crippen molar-refractivity contribution in [2.45, 2.75) is 0 Å². The van der Waals surface area contributed by atoms with Crippen LogP contribution in [-0.4, -0.2) is 11.9 Å². The number of imide groups is 1. The first-order valence-electron chi connectivity index (χ1n) is 6.00. The average molecular weight is 424 g/mol. The molecule has 3 amide bonds. The van der Waals surface area contributed by atoms with E-state index in [4.69, 9.17) is 23.2 Å². The van der Waals surface area contributed by atoms with Gasteiger partial charge in [0, 0.05) is 5.69 Å². The Morgan fingerprint density at radius 3 is 2.09 bits per heavy atom. The molecule has 0 bridgehead atoms. The molecule has 0 atom stereocenters. The van der Waals surface area contributed by atoms with E-state index in [0.717, 1.165) is 18.2 Å². The highest BCUT2D eigenvalue weighted by molar-refractivity contribution is 9.10. The molecular weight excluding hydrogens is 417 g/mol. The van der Waals surface area contributed by atoms with Crippen LogP contribution in [0, 0.1) is 11.6 Å². The van der Waals surface area contributed by atoms with Crippen molar-refractivity contribution in [2.75, 3.05) is 5.32 Å². The van der Waals surface area contributed by atoms with Crippen LogP contribution < -0.4 is 10.6 Å². The van der Waals surface area contributed by atoms with E-state index in [2.05, 4.69) is 21.2 Å². The highest BCUT2D eigenvalue weighted by Crippen LogP contribution is 2.33. The maximum atomic E-state index is 13.5. The minimum absolute atomic E-state index is 0.197. The number of benzene rings is 2. The Morgan fingerprint density at radius 1 is 1.04 bits per heavy atom. The van der Waals surface area contributed by atoms with Gasteiger partial charge in [0.2, 0.25) is 0 Å². The fourth-order valence-electron chi connectivity index (χ4n) is 1.67. The standard InChI is InChI=1S/C14H7BrCl2F2N2O2/c15-12-7(16)4-6(5-8(12)17)20-14(23)21-13(22)11-9(18)2-1-3-10(11)19/h1-5H,(H2,20,21,22,23). The largest absolute Gasteiger partial charge is 0.326 e. The van der Waals surface area contributed by atoms with Gasteiger partial charge < -0.3 is 5.32 Å². The van der Waals surface area contributed by atoms with Gasteiger partial charge in [-0.05, 0) is 40.2 Å². The topological polar surface area (TPSA) is 58.2 Å². The van der Waals surface area contributed by atoms with Gasteiger partial charge in [-0.1, -0.05) is 29.3 Å². The normalized spacial score (nSPS) is 10.3. The van der Waals surface area contributed by atoms with E-state index >= 15 is 0 Å². The number of carbonyl (C=O) groups is 2. The molecule has 0 radical (unpaired) electrons. The van der Waals surface area contributed by atoms with Crippen molar-refractivity contribution in [3.63, 3.8) is 0 Å². The Hall–Kier alpha value is -1.70. The molecule has 0 heterocycles. The molecule has 0 aliphatic heterocycles. The van der Waals surface area contributed by atoms with Crippen LogP contribution in [0.1, 0.15) is 10.4 Å². The van der Waals surface area contributed by atoms with E-state index in [1.54, 1.807) is 0 Å². The molecule has 2 aromatic carbocycles. The van der Waals surface area contributed by atoms with E-state index in [0.29, 0.717) is 4.47 Å². The van der Waals surface area contributed by atoms with Crippen molar-refractivity contribution in [1.29, 1.82) is 0 Å². The number of halogens is 5. The van der Waals surface area contributed by atoms with E-state index in [1.807, 2.05) is 5.32 Å². The van der Waals surface area contributed by atoms with Crippen molar-refractivity contribution in [2.24, 2.45) is 0 Å². The fourth-order valence-corrected chi connectivity index (χ4v) is 2.39. The van der Waals surface area contributed by atoms with Gasteiger partial charge in [0.1, 0.15) is 17.2 Å². The predicted molar refractivity (Wildman–Crippen MR) is 87.0 cm³/mol. The van der Waals surface area contributed by atoms with Gasteiger partial charge in [-0.2, -0.15) is 0 Å². The molecule has 23 heavy (non-hydrogen) atoms. The van der Waals surface area contributed by atoms with Crippen LogP contribution in [0.15, 0.2) is 34.8 Å². The number of nitrogens with one attached hydrogen (secondary N) is 2. The summed E-state index contributed by atoms with van der Waals surface area (Å²) in [5.74, 6) is -3.37. The van der Waals surface area contributed by atoms with Gasteiger partial charge in [-0.15, -0.1) is 0 Å². The molecule has 2 aromatic rings. The smallest absolute Gasteiger partial charge is 0.308 e. The summed E-state index contributed by atoms with van der Waals surface area (Å²) in [6, 6.07) is 4.69. The summed E-state index contributed by atoms with van der Waals surface area (Å²) in [6.07, 6.45) is 0. The van der Waals surface area contributed by atoms with Crippen LogP contribution in [0.4, 0.5) is 19.3 Å². The Bertz CT molecular complexity index is 759. The lowest BCUT2D eigenvalue weighted by Gasteiger charge is -2.09. The molecule has 0 saturated heterocycles. The van der Waals surface area contributed by atoms with E-state index in [1.165, 1.54) is 12.1 Å². The van der Waals surface area contributed by atoms with Gasteiger partial charge >= 0.3 is 6.03 Å².